The van der Waals surface area contributed by atoms with Crippen LogP contribution in [0.3, 0.4) is 0 Å². The van der Waals surface area contributed by atoms with Gasteiger partial charge in [0.2, 0.25) is 5.91 Å². The Balaban J connectivity index is 5.06. The first kappa shape index (κ1) is 74.7. The van der Waals surface area contributed by atoms with Gasteiger partial charge in [-0.15, -0.1) is 0 Å². The Hall–Kier alpha value is -2.29. The molecule has 10 heteroatoms. The molecular weight excluding hydrogens is 976 g/mol. The molecule has 0 saturated carbocycles. The zero-order valence-electron chi connectivity index (χ0n) is 51.4. The van der Waals surface area contributed by atoms with Crippen LogP contribution in [0.15, 0.2) is 60.8 Å². The number of carbonyl (C=O) groups excluding carboxylic acids is 2. The zero-order chi connectivity index (χ0) is 56.4. The number of nitrogens with one attached hydrogen (secondary N) is 1. The molecule has 0 aliphatic carbocycles. The molecule has 0 aromatic carbocycles. The second-order valence-electron chi connectivity index (χ2n) is 23.3. The van der Waals surface area contributed by atoms with Crippen molar-refractivity contribution < 1.29 is 37.3 Å². The molecule has 0 saturated heterocycles. The lowest BCUT2D eigenvalue weighted by Gasteiger charge is -2.30. The van der Waals surface area contributed by atoms with E-state index in [4.69, 9.17) is 13.8 Å². The topological polar surface area (TPSA) is 114 Å². The standard InChI is InChI=1S/C67H125N2O7P/c1-7-10-13-16-19-22-25-27-29-30-31-32-33-34-35-36-37-38-40-42-45-48-51-54-57-60-67(71)76-65(58-55-52-49-46-43-24-21-18-15-12-9-3)64(63-75-77(72,73)74-62-61-69(4,5)6)68-66(70)59-56-53-50-47-44-41-39-28-26-23-20-17-14-11-8-2/h19-20,22-23,26-29,55,58,64-65H,7-18,21,24-25,30-54,56-57,59-63H2,1-6H3,(H-,68,70,72,73)/b22-19-,23-20+,28-26+,29-27-,58-55-. The SMILES string of the molecule is CCCCC/C=C\C/C=C\CCCCCCCCCCCCCCCCCC(=O)OC(/C=C\CCCCCCCCCCC)C(COP(=O)([O-])OCC[N+](C)(C)C)NC(=O)CCCCCCCC/C=C/C=C/CCCCC. The van der Waals surface area contributed by atoms with Gasteiger partial charge in [-0.05, 0) is 89.5 Å². The molecule has 1 N–H and O–H groups in total. The number of amides is 1. The Kier molecular flexibility index (Phi) is 55.3. The fraction of sp³-hybridized carbons (Fsp3) is 0.821. The Morgan fingerprint density at radius 2 is 0.831 bits per heavy atom. The summed E-state index contributed by atoms with van der Waals surface area (Å²) in [6.07, 6.45) is 71.9. The lowest BCUT2D eigenvalue weighted by Crippen LogP contribution is -2.47. The maximum absolute atomic E-state index is 13.5. The van der Waals surface area contributed by atoms with Gasteiger partial charge in [-0.3, -0.25) is 14.2 Å². The number of hydrogen-bond donors (Lipinski definition) is 1. The maximum Gasteiger partial charge on any atom is 0.306 e. The normalized spacial score (nSPS) is 14.0. The predicted molar refractivity (Wildman–Crippen MR) is 330 cm³/mol. The van der Waals surface area contributed by atoms with Crippen molar-refractivity contribution >= 4 is 19.7 Å². The Morgan fingerprint density at radius 3 is 1.27 bits per heavy atom. The molecule has 0 fully saturated rings. The summed E-state index contributed by atoms with van der Waals surface area (Å²) in [5.74, 6) is -0.548. The van der Waals surface area contributed by atoms with Gasteiger partial charge in [0.05, 0.1) is 33.8 Å². The zero-order valence-corrected chi connectivity index (χ0v) is 52.3. The molecule has 1 amide bonds. The van der Waals surface area contributed by atoms with Crippen molar-refractivity contribution in [3.63, 3.8) is 0 Å². The molecule has 77 heavy (non-hydrogen) atoms. The molecule has 0 rings (SSSR count). The van der Waals surface area contributed by atoms with E-state index in [-0.39, 0.29) is 24.9 Å². The van der Waals surface area contributed by atoms with E-state index in [1.54, 1.807) is 0 Å². The van der Waals surface area contributed by atoms with E-state index in [2.05, 4.69) is 74.7 Å². The van der Waals surface area contributed by atoms with Gasteiger partial charge in [0.1, 0.15) is 19.3 Å². The van der Waals surface area contributed by atoms with E-state index < -0.39 is 26.6 Å². The average Bonchev–Trinajstić information content (AvgIpc) is 3.39. The summed E-state index contributed by atoms with van der Waals surface area (Å²) >= 11 is 0. The highest BCUT2D eigenvalue weighted by atomic mass is 31.2. The van der Waals surface area contributed by atoms with Crippen LogP contribution >= 0.6 is 7.82 Å². The molecule has 3 atom stereocenters. The van der Waals surface area contributed by atoms with Crippen LogP contribution in [0.25, 0.3) is 0 Å². The monoisotopic (exact) mass is 1100 g/mol. The maximum atomic E-state index is 13.5. The van der Waals surface area contributed by atoms with Crippen LogP contribution in [0.1, 0.15) is 303 Å². The second-order valence-corrected chi connectivity index (χ2v) is 24.7. The Labute approximate surface area is 477 Å². The highest BCUT2D eigenvalue weighted by Crippen LogP contribution is 2.38. The van der Waals surface area contributed by atoms with E-state index in [0.29, 0.717) is 17.4 Å². The molecule has 0 radical (unpaired) electrons. The number of phosphoric acid groups is 1. The summed E-state index contributed by atoms with van der Waals surface area (Å²) in [6, 6.07) is -0.894. The van der Waals surface area contributed by atoms with Gasteiger partial charge in [-0.2, -0.15) is 0 Å². The van der Waals surface area contributed by atoms with Gasteiger partial charge in [0, 0.05) is 12.8 Å². The fourth-order valence-corrected chi connectivity index (χ4v) is 10.1. The molecule has 0 heterocycles. The molecule has 450 valence electrons. The summed E-state index contributed by atoms with van der Waals surface area (Å²) < 4.78 is 30.3. The average molecular weight is 1100 g/mol. The van der Waals surface area contributed by atoms with Crippen molar-refractivity contribution in [3.05, 3.63) is 60.8 Å². The van der Waals surface area contributed by atoms with E-state index in [1.165, 1.54) is 180 Å². The van der Waals surface area contributed by atoms with E-state index in [1.807, 2.05) is 33.3 Å². The minimum atomic E-state index is -4.70. The van der Waals surface area contributed by atoms with Crippen molar-refractivity contribution in [3.8, 4) is 0 Å². The third-order valence-corrected chi connectivity index (χ3v) is 15.4. The van der Waals surface area contributed by atoms with Crippen LogP contribution in [0.2, 0.25) is 0 Å². The van der Waals surface area contributed by atoms with Crippen molar-refractivity contribution in [2.45, 2.75) is 315 Å². The number of phosphoric ester groups is 1. The number of allylic oxidation sites excluding steroid dienone is 9. The van der Waals surface area contributed by atoms with Gasteiger partial charge in [-0.1, -0.05) is 262 Å². The lowest BCUT2D eigenvalue weighted by molar-refractivity contribution is -0.870. The third kappa shape index (κ3) is 58.2. The van der Waals surface area contributed by atoms with Crippen LogP contribution in [0, 0.1) is 0 Å². The number of nitrogens with zero attached hydrogens (tertiary/aromatic N) is 1. The van der Waals surface area contributed by atoms with E-state index in [9.17, 15) is 19.0 Å². The number of likely N-dealkylation sites (N-methyl/N-ethyl adjacent to an activating group) is 1. The molecule has 0 aromatic rings. The van der Waals surface area contributed by atoms with Crippen LogP contribution in [-0.4, -0.2) is 69.4 Å². The van der Waals surface area contributed by atoms with Gasteiger partial charge in [0.25, 0.3) is 7.82 Å². The van der Waals surface area contributed by atoms with Crippen LogP contribution in [-0.2, 0) is 27.9 Å². The van der Waals surface area contributed by atoms with Crippen LogP contribution < -0.4 is 10.2 Å². The lowest BCUT2D eigenvalue weighted by atomic mass is 10.0. The first-order valence-corrected chi connectivity index (χ1v) is 34.1. The highest BCUT2D eigenvalue weighted by Gasteiger charge is 2.27. The van der Waals surface area contributed by atoms with Crippen molar-refractivity contribution in [1.29, 1.82) is 0 Å². The molecule has 9 nitrogen and oxygen atoms in total. The minimum absolute atomic E-state index is 0.0250. The van der Waals surface area contributed by atoms with Crippen molar-refractivity contribution in [2.24, 2.45) is 0 Å². The van der Waals surface area contributed by atoms with Gasteiger partial charge in [0.15, 0.2) is 0 Å². The summed E-state index contributed by atoms with van der Waals surface area (Å²) in [5.41, 5.74) is 0. The first-order valence-electron chi connectivity index (χ1n) is 32.6. The van der Waals surface area contributed by atoms with Crippen molar-refractivity contribution in [1.82, 2.24) is 5.32 Å². The Morgan fingerprint density at radius 1 is 0.468 bits per heavy atom. The largest absolute Gasteiger partial charge is 0.756 e. The number of hydrogen-bond acceptors (Lipinski definition) is 7. The number of rotatable bonds is 59. The van der Waals surface area contributed by atoms with Gasteiger partial charge in [-0.25, -0.2) is 0 Å². The molecule has 0 aromatic heterocycles. The smallest absolute Gasteiger partial charge is 0.306 e. The molecular formula is C67H125N2O7P. The molecule has 0 bridgehead atoms. The van der Waals surface area contributed by atoms with Crippen molar-refractivity contribution in [2.75, 3.05) is 40.9 Å². The number of unbranched alkanes of at least 4 members (excludes halogenated alkanes) is 36. The van der Waals surface area contributed by atoms with Crippen LogP contribution in [0.4, 0.5) is 0 Å². The number of ether oxygens (including phenoxy) is 1. The number of esters is 1. The molecule has 3 unspecified atom stereocenters. The molecule has 0 aliphatic rings. The van der Waals surface area contributed by atoms with E-state index >= 15 is 0 Å². The Bertz CT molecular complexity index is 1500. The predicted octanol–water partition coefficient (Wildman–Crippen LogP) is 19.6. The first-order chi connectivity index (χ1) is 37.4. The summed E-state index contributed by atoms with van der Waals surface area (Å²) in [4.78, 5) is 40.0. The van der Waals surface area contributed by atoms with Gasteiger partial charge >= 0.3 is 5.97 Å². The quantitative estimate of drug-likeness (QED) is 0.0161. The molecule has 0 aliphatic heterocycles. The summed E-state index contributed by atoms with van der Waals surface area (Å²) in [5, 5.41) is 3.02. The fourth-order valence-electron chi connectivity index (χ4n) is 9.37. The summed E-state index contributed by atoms with van der Waals surface area (Å²) in [7, 11) is 1.18. The van der Waals surface area contributed by atoms with Crippen LogP contribution in [0.5, 0.6) is 0 Å². The summed E-state index contributed by atoms with van der Waals surface area (Å²) in [6.45, 7) is 6.79. The van der Waals surface area contributed by atoms with Gasteiger partial charge < -0.3 is 28.5 Å². The van der Waals surface area contributed by atoms with E-state index in [0.717, 1.165) is 89.9 Å². The highest BCUT2D eigenvalue weighted by molar-refractivity contribution is 7.45. The number of quaternary nitrogens is 1. The third-order valence-electron chi connectivity index (χ3n) is 14.4. The number of carbonyl (C=O) groups is 2. The molecule has 0 spiro atoms. The second kappa shape index (κ2) is 57.0. The minimum Gasteiger partial charge on any atom is -0.756 e.